The number of likely N-dealkylation sites (tertiary alicyclic amines) is 1. The average Bonchev–Trinajstić information content (AvgIpc) is 3.85. The minimum absolute atomic E-state index is 0.0473. The minimum Gasteiger partial charge on any atom is -0.453 e. The molecule has 2 aliphatic rings. The predicted molar refractivity (Wildman–Crippen MR) is 163 cm³/mol. The Balaban J connectivity index is 1.43. The molecule has 2 fully saturated rings. The maximum absolute atomic E-state index is 13.4. The lowest BCUT2D eigenvalue weighted by Gasteiger charge is -2.34. The third kappa shape index (κ3) is 9.52. The summed E-state index contributed by atoms with van der Waals surface area (Å²) in [4.78, 5) is 52.0. The van der Waals surface area contributed by atoms with E-state index in [1.807, 2.05) is 12.1 Å². The summed E-state index contributed by atoms with van der Waals surface area (Å²) in [5.41, 5.74) is 2.39. The average molecular weight is 646 g/mol. The molecule has 0 spiro atoms. The minimum atomic E-state index is -4.28. The van der Waals surface area contributed by atoms with Gasteiger partial charge in [0, 0.05) is 26.2 Å². The first-order valence-electron chi connectivity index (χ1n) is 14.7. The van der Waals surface area contributed by atoms with Gasteiger partial charge in [0.15, 0.2) is 0 Å². The van der Waals surface area contributed by atoms with Crippen molar-refractivity contribution in [3.05, 3.63) is 42.5 Å². The zero-order valence-electron chi connectivity index (χ0n) is 25.2. The highest BCUT2D eigenvalue weighted by atomic mass is 32.2. The van der Waals surface area contributed by atoms with Gasteiger partial charge in [0.05, 0.1) is 18.4 Å². The number of methoxy groups -OCH3 is 1. The zero-order chi connectivity index (χ0) is 32.6. The molecule has 1 heterocycles. The number of hydrogen-bond donors (Lipinski definition) is 5. The SMILES string of the molecule is CCN(NC(=O)[C@H](CC(=O)NC[C@@H]1CCCN(C(=N)NC(=O)OC)C1)NS(=O)(=O)c1ccc2ccccc2c1)C(=O)OC1CC1. The van der Waals surface area contributed by atoms with Crippen LogP contribution in [0.1, 0.15) is 39.0 Å². The number of hydrazine groups is 1. The van der Waals surface area contributed by atoms with Crippen molar-refractivity contribution in [2.75, 3.05) is 33.3 Å². The van der Waals surface area contributed by atoms with Crippen molar-refractivity contribution in [3.63, 3.8) is 0 Å². The van der Waals surface area contributed by atoms with Gasteiger partial charge >= 0.3 is 12.2 Å². The molecule has 1 saturated heterocycles. The number of guanidine groups is 1. The molecule has 2 atom stereocenters. The maximum atomic E-state index is 13.4. The summed E-state index contributed by atoms with van der Waals surface area (Å²) in [5.74, 6) is -1.69. The summed E-state index contributed by atoms with van der Waals surface area (Å²) >= 11 is 0. The van der Waals surface area contributed by atoms with Crippen molar-refractivity contribution in [3.8, 4) is 0 Å². The highest BCUT2D eigenvalue weighted by Gasteiger charge is 2.33. The number of benzene rings is 2. The van der Waals surface area contributed by atoms with E-state index in [-0.39, 0.29) is 36.0 Å². The lowest BCUT2D eigenvalue weighted by atomic mass is 9.98. The van der Waals surface area contributed by atoms with Crippen LogP contribution >= 0.6 is 0 Å². The molecule has 244 valence electrons. The Morgan fingerprint density at radius 1 is 1.09 bits per heavy atom. The fraction of sp³-hybridized carbons (Fsp3) is 0.483. The van der Waals surface area contributed by atoms with Crippen LogP contribution in [0.2, 0.25) is 0 Å². The number of piperidine rings is 1. The molecule has 45 heavy (non-hydrogen) atoms. The van der Waals surface area contributed by atoms with Crippen molar-refractivity contribution >= 4 is 50.8 Å². The Morgan fingerprint density at radius 3 is 2.51 bits per heavy atom. The van der Waals surface area contributed by atoms with Gasteiger partial charge in [-0.3, -0.25) is 25.7 Å². The lowest BCUT2D eigenvalue weighted by molar-refractivity contribution is -0.130. The van der Waals surface area contributed by atoms with Crippen LogP contribution in [-0.2, 0) is 29.1 Å². The molecule has 1 saturated carbocycles. The highest BCUT2D eigenvalue weighted by molar-refractivity contribution is 7.89. The molecule has 15 nitrogen and oxygen atoms in total. The van der Waals surface area contributed by atoms with Gasteiger partial charge in [-0.2, -0.15) is 4.72 Å². The predicted octanol–water partition coefficient (Wildman–Crippen LogP) is 1.65. The van der Waals surface area contributed by atoms with Crippen LogP contribution in [0.4, 0.5) is 9.59 Å². The number of carbonyl (C=O) groups is 4. The number of fused-ring (bicyclic) bond motifs is 1. The van der Waals surface area contributed by atoms with E-state index in [2.05, 4.69) is 25.5 Å². The van der Waals surface area contributed by atoms with E-state index >= 15 is 0 Å². The van der Waals surface area contributed by atoms with Crippen molar-refractivity contribution in [2.45, 2.75) is 56.1 Å². The third-order valence-corrected chi connectivity index (χ3v) is 8.91. The molecule has 1 aliphatic carbocycles. The number of rotatable bonds is 10. The largest absolute Gasteiger partial charge is 0.453 e. The monoisotopic (exact) mass is 645 g/mol. The van der Waals surface area contributed by atoms with Crippen LogP contribution in [-0.4, -0.2) is 93.7 Å². The van der Waals surface area contributed by atoms with E-state index in [9.17, 15) is 27.6 Å². The van der Waals surface area contributed by atoms with Crippen LogP contribution in [0.5, 0.6) is 0 Å². The Morgan fingerprint density at radius 2 is 1.82 bits per heavy atom. The van der Waals surface area contributed by atoms with E-state index in [0.29, 0.717) is 24.9 Å². The van der Waals surface area contributed by atoms with Gasteiger partial charge in [0.25, 0.3) is 5.91 Å². The number of nitrogens with one attached hydrogen (secondary N) is 5. The number of nitrogens with zero attached hydrogens (tertiary/aromatic N) is 2. The molecule has 4 amide bonds. The van der Waals surface area contributed by atoms with Gasteiger partial charge < -0.3 is 19.7 Å². The molecular weight excluding hydrogens is 606 g/mol. The number of alkyl carbamates (subject to hydrolysis) is 1. The molecule has 0 aromatic heterocycles. The van der Waals surface area contributed by atoms with E-state index in [4.69, 9.17) is 10.1 Å². The van der Waals surface area contributed by atoms with Crippen molar-refractivity contribution < 1.29 is 37.1 Å². The summed E-state index contributed by atoms with van der Waals surface area (Å²) in [6.07, 6.45) is 0.620. The van der Waals surface area contributed by atoms with Crippen LogP contribution in [0, 0.1) is 11.3 Å². The Hall–Kier alpha value is -4.44. The van der Waals surface area contributed by atoms with E-state index in [0.717, 1.165) is 29.7 Å². The summed E-state index contributed by atoms with van der Waals surface area (Å²) < 4.78 is 39.0. The second-order valence-electron chi connectivity index (χ2n) is 10.9. The Kier molecular flexibility index (Phi) is 11.2. The summed E-state index contributed by atoms with van der Waals surface area (Å²) in [6.45, 7) is 2.79. The summed E-state index contributed by atoms with van der Waals surface area (Å²) in [5, 5.41) is 15.6. The molecule has 2 aromatic rings. The van der Waals surface area contributed by atoms with Crippen LogP contribution in [0.3, 0.4) is 0 Å². The Labute approximate surface area is 261 Å². The fourth-order valence-electron chi connectivity index (χ4n) is 4.81. The van der Waals surface area contributed by atoms with Crippen LogP contribution < -0.4 is 20.8 Å². The molecule has 1 aliphatic heterocycles. The van der Waals surface area contributed by atoms with Gasteiger partial charge in [-0.25, -0.2) is 23.0 Å². The van der Waals surface area contributed by atoms with Gasteiger partial charge in [0.2, 0.25) is 21.9 Å². The van der Waals surface area contributed by atoms with E-state index in [1.165, 1.54) is 19.2 Å². The zero-order valence-corrected chi connectivity index (χ0v) is 26.0. The third-order valence-electron chi connectivity index (χ3n) is 7.44. The number of hydrogen-bond acceptors (Lipinski definition) is 9. The topological polar surface area (TPSA) is 199 Å². The van der Waals surface area contributed by atoms with E-state index in [1.54, 1.807) is 30.0 Å². The summed E-state index contributed by atoms with van der Waals surface area (Å²) in [7, 11) is -3.08. The number of ether oxygens (including phenoxy) is 2. The molecule has 0 unspecified atom stereocenters. The van der Waals surface area contributed by atoms with E-state index < -0.39 is 46.5 Å². The van der Waals surface area contributed by atoms with Gasteiger partial charge in [-0.1, -0.05) is 30.3 Å². The first kappa shape index (κ1) is 33.5. The molecule has 16 heteroatoms. The van der Waals surface area contributed by atoms with Gasteiger partial charge in [0.1, 0.15) is 12.1 Å². The van der Waals surface area contributed by atoms with Gasteiger partial charge in [-0.05, 0) is 61.4 Å². The molecule has 4 rings (SSSR count). The normalized spacial score (nSPS) is 17.1. The molecular formula is C29H39N7O8S. The molecule has 0 bridgehead atoms. The van der Waals surface area contributed by atoms with Crippen LogP contribution in [0.15, 0.2) is 47.4 Å². The van der Waals surface area contributed by atoms with Crippen molar-refractivity contribution in [1.82, 2.24) is 30.7 Å². The molecule has 0 radical (unpaired) electrons. The first-order valence-corrected chi connectivity index (χ1v) is 16.2. The molecule has 5 N–H and O–H groups in total. The number of amides is 4. The second-order valence-corrected chi connectivity index (χ2v) is 12.6. The quantitative estimate of drug-likeness (QED) is 0.145. The summed E-state index contributed by atoms with van der Waals surface area (Å²) in [6, 6.07) is 10.2. The van der Waals surface area contributed by atoms with Crippen LogP contribution in [0.25, 0.3) is 10.8 Å². The second kappa shape index (κ2) is 15.0. The highest BCUT2D eigenvalue weighted by Crippen LogP contribution is 2.24. The number of carbonyl (C=O) groups excluding carboxylic acids is 4. The molecule has 2 aromatic carbocycles. The Bertz CT molecular complexity index is 1530. The maximum Gasteiger partial charge on any atom is 0.428 e. The van der Waals surface area contributed by atoms with Crippen molar-refractivity contribution in [1.29, 1.82) is 5.41 Å². The fourth-order valence-corrected chi connectivity index (χ4v) is 6.04. The van der Waals surface area contributed by atoms with Crippen molar-refractivity contribution in [2.24, 2.45) is 5.92 Å². The number of sulfonamides is 1. The standard InChI is InChI=1S/C29H39N7O8S/c1-3-36(29(40)44-22-11-12-22)33-26(38)24(34-45(41,42)23-13-10-20-8-4-5-9-21(20)15-23)16-25(37)31-17-19-7-6-14-35(18-19)27(30)32-28(39)43-2/h4-5,8-10,13,15,19,22,24,34H,3,6-7,11-12,14,16-18H2,1-2H3,(H,31,37)(H,33,38)(H2,30,32,39)/t19-,24-/m0/s1. The lowest BCUT2D eigenvalue weighted by Crippen LogP contribution is -2.55. The van der Waals surface area contributed by atoms with Gasteiger partial charge in [-0.15, -0.1) is 0 Å². The smallest absolute Gasteiger partial charge is 0.428 e. The first-order chi connectivity index (χ1) is 21.5.